The first-order chi connectivity index (χ1) is 11.2. The summed E-state index contributed by atoms with van der Waals surface area (Å²) < 4.78 is 6.38. The predicted octanol–water partition coefficient (Wildman–Crippen LogP) is 3.37. The van der Waals surface area contributed by atoms with Gasteiger partial charge in [-0.15, -0.1) is 0 Å². The van der Waals surface area contributed by atoms with Gasteiger partial charge in [-0.25, -0.2) is 0 Å². The Labute approximate surface area is 149 Å². The van der Waals surface area contributed by atoms with E-state index in [-0.39, 0.29) is 23.2 Å². The molecule has 2 saturated carbocycles. The first-order valence-electron chi connectivity index (χ1n) is 10.0. The Morgan fingerprint density at radius 3 is 2.04 bits per heavy atom. The van der Waals surface area contributed by atoms with Gasteiger partial charge in [-0.2, -0.15) is 0 Å². The van der Waals surface area contributed by atoms with Crippen LogP contribution in [-0.2, 0) is 4.74 Å². The standard InChI is InChI=1S/C20H40N2O2/c1-19(2,3)21-16-11-7-9-13-18(16)24-14-20(4,5)22-15-10-6-8-12-17(15)23/h15-18,21-23H,6-14H2,1-5H3/t15-,16?,17-,18+/m1/s1. The molecular weight excluding hydrogens is 300 g/mol. The highest BCUT2D eigenvalue weighted by molar-refractivity contribution is 4.91. The minimum Gasteiger partial charge on any atom is -0.392 e. The van der Waals surface area contributed by atoms with Crippen LogP contribution < -0.4 is 10.6 Å². The fourth-order valence-electron chi connectivity index (χ4n) is 4.16. The molecule has 0 amide bonds. The Morgan fingerprint density at radius 2 is 1.42 bits per heavy atom. The van der Waals surface area contributed by atoms with Crippen LogP contribution in [0.3, 0.4) is 0 Å². The van der Waals surface area contributed by atoms with Crippen LogP contribution in [0.2, 0.25) is 0 Å². The zero-order valence-electron chi connectivity index (χ0n) is 16.5. The van der Waals surface area contributed by atoms with E-state index in [1.54, 1.807) is 0 Å². The molecule has 0 bridgehead atoms. The molecule has 1 unspecified atom stereocenters. The van der Waals surface area contributed by atoms with Crippen molar-refractivity contribution in [3.8, 4) is 0 Å². The monoisotopic (exact) mass is 340 g/mol. The molecule has 2 aliphatic rings. The first kappa shape index (κ1) is 20.2. The second-order valence-electron chi connectivity index (χ2n) is 9.62. The smallest absolute Gasteiger partial charge is 0.0729 e. The molecule has 142 valence electrons. The topological polar surface area (TPSA) is 53.5 Å². The molecule has 0 aromatic carbocycles. The maximum Gasteiger partial charge on any atom is 0.0729 e. The van der Waals surface area contributed by atoms with Gasteiger partial charge in [0.15, 0.2) is 0 Å². The van der Waals surface area contributed by atoms with E-state index in [1.165, 1.54) is 25.7 Å². The van der Waals surface area contributed by atoms with Crippen LogP contribution in [0.25, 0.3) is 0 Å². The molecule has 3 N–H and O–H groups in total. The summed E-state index contributed by atoms with van der Waals surface area (Å²) in [6, 6.07) is 0.669. The van der Waals surface area contributed by atoms with E-state index < -0.39 is 0 Å². The lowest BCUT2D eigenvalue weighted by molar-refractivity contribution is -0.0323. The average Bonchev–Trinajstić information content (AvgIpc) is 2.47. The Bertz CT molecular complexity index is 378. The van der Waals surface area contributed by atoms with E-state index in [2.05, 4.69) is 45.3 Å². The molecule has 4 nitrogen and oxygen atoms in total. The van der Waals surface area contributed by atoms with Crippen molar-refractivity contribution >= 4 is 0 Å². The molecule has 0 aliphatic heterocycles. The molecule has 2 fully saturated rings. The van der Waals surface area contributed by atoms with E-state index >= 15 is 0 Å². The van der Waals surface area contributed by atoms with Crippen LogP contribution in [0, 0.1) is 0 Å². The molecule has 2 rings (SSSR count). The minimum absolute atomic E-state index is 0.104. The molecule has 0 aromatic rings. The van der Waals surface area contributed by atoms with Crippen molar-refractivity contribution in [1.29, 1.82) is 0 Å². The van der Waals surface area contributed by atoms with Gasteiger partial charge >= 0.3 is 0 Å². The Balaban J connectivity index is 1.84. The number of hydrogen-bond donors (Lipinski definition) is 3. The quantitative estimate of drug-likeness (QED) is 0.694. The summed E-state index contributed by atoms with van der Waals surface area (Å²) in [6.07, 6.45) is 9.37. The van der Waals surface area contributed by atoms with Gasteiger partial charge < -0.3 is 20.5 Å². The zero-order valence-corrected chi connectivity index (χ0v) is 16.5. The van der Waals surface area contributed by atoms with Gasteiger partial charge in [0, 0.05) is 23.2 Å². The van der Waals surface area contributed by atoms with Gasteiger partial charge in [-0.3, -0.25) is 0 Å². The van der Waals surface area contributed by atoms with Gasteiger partial charge in [0.25, 0.3) is 0 Å². The van der Waals surface area contributed by atoms with E-state index in [4.69, 9.17) is 4.74 Å². The molecule has 2 aliphatic carbocycles. The maximum atomic E-state index is 10.2. The van der Waals surface area contributed by atoms with Gasteiger partial charge in [-0.1, -0.05) is 25.7 Å². The Hall–Kier alpha value is -0.160. The molecule has 0 radical (unpaired) electrons. The number of rotatable bonds is 6. The van der Waals surface area contributed by atoms with Crippen molar-refractivity contribution in [3.05, 3.63) is 0 Å². The van der Waals surface area contributed by atoms with Crippen molar-refractivity contribution in [2.75, 3.05) is 6.61 Å². The van der Waals surface area contributed by atoms with Crippen LogP contribution in [0.1, 0.15) is 86.0 Å². The van der Waals surface area contributed by atoms with Gasteiger partial charge in [0.1, 0.15) is 0 Å². The Morgan fingerprint density at radius 1 is 0.833 bits per heavy atom. The lowest BCUT2D eigenvalue weighted by atomic mass is 9.89. The third-order valence-corrected chi connectivity index (χ3v) is 5.28. The zero-order chi connectivity index (χ0) is 17.8. The summed E-state index contributed by atoms with van der Waals surface area (Å²) >= 11 is 0. The fraction of sp³-hybridized carbons (Fsp3) is 1.00. The highest BCUT2D eigenvalue weighted by Crippen LogP contribution is 2.25. The van der Waals surface area contributed by atoms with E-state index in [1.807, 2.05) is 0 Å². The molecule has 0 heterocycles. The number of aliphatic hydroxyl groups excluding tert-OH is 1. The molecule has 24 heavy (non-hydrogen) atoms. The second kappa shape index (κ2) is 8.48. The summed E-state index contributed by atoms with van der Waals surface area (Å²) in [6.45, 7) is 11.8. The molecule has 0 saturated heterocycles. The van der Waals surface area contributed by atoms with Crippen molar-refractivity contribution in [2.24, 2.45) is 0 Å². The SMILES string of the molecule is CC(C)(C)NC1CCCC[C@@H]1OCC(C)(C)N[C@@H]1CCCC[C@H]1O. The van der Waals surface area contributed by atoms with Crippen molar-refractivity contribution in [2.45, 2.75) is 121 Å². The molecule has 0 aromatic heterocycles. The fourth-order valence-corrected chi connectivity index (χ4v) is 4.16. The van der Waals surface area contributed by atoms with Crippen LogP contribution in [0.15, 0.2) is 0 Å². The summed E-state index contributed by atoms with van der Waals surface area (Å²) in [5, 5.41) is 17.6. The lowest BCUT2D eigenvalue weighted by Gasteiger charge is -2.40. The average molecular weight is 341 g/mol. The van der Waals surface area contributed by atoms with Crippen molar-refractivity contribution in [3.63, 3.8) is 0 Å². The van der Waals surface area contributed by atoms with E-state index in [9.17, 15) is 5.11 Å². The third-order valence-electron chi connectivity index (χ3n) is 5.28. The minimum atomic E-state index is -0.206. The van der Waals surface area contributed by atoms with Gasteiger partial charge in [-0.05, 0) is 60.3 Å². The van der Waals surface area contributed by atoms with Crippen LogP contribution in [-0.4, -0.2) is 47.1 Å². The number of hydrogen-bond acceptors (Lipinski definition) is 4. The van der Waals surface area contributed by atoms with Crippen LogP contribution in [0.5, 0.6) is 0 Å². The van der Waals surface area contributed by atoms with Gasteiger partial charge in [0.05, 0.1) is 18.8 Å². The highest BCUT2D eigenvalue weighted by atomic mass is 16.5. The van der Waals surface area contributed by atoms with Gasteiger partial charge in [0.2, 0.25) is 0 Å². The van der Waals surface area contributed by atoms with E-state index in [0.29, 0.717) is 18.8 Å². The lowest BCUT2D eigenvalue weighted by Crippen LogP contribution is -2.56. The number of ether oxygens (including phenoxy) is 1. The largest absolute Gasteiger partial charge is 0.392 e. The van der Waals surface area contributed by atoms with Crippen LogP contribution >= 0.6 is 0 Å². The van der Waals surface area contributed by atoms with Crippen molar-refractivity contribution in [1.82, 2.24) is 10.6 Å². The summed E-state index contributed by atoms with van der Waals surface area (Å²) in [7, 11) is 0. The second-order valence-corrected chi connectivity index (χ2v) is 9.62. The highest BCUT2D eigenvalue weighted by Gasteiger charge is 2.33. The van der Waals surface area contributed by atoms with Crippen molar-refractivity contribution < 1.29 is 9.84 Å². The van der Waals surface area contributed by atoms with Crippen LogP contribution in [0.4, 0.5) is 0 Å². The first-order valence-corrected chi connectivity index (χ1v) is 10.0. The molecule has 4 heteroatoms. The summed E-state index contributed by atoms with van der Waals surface area (Å²) in [4.78, 5) is 0. The molecule has 4 atom stereocenters. The molecular formula is C20H40N2O2. The predicted molar refractivity (Wildman–Crippen MR) is 100 cm³/mol. The normalized spacial score (nSPS) is 32.8. The summed E-state index contributed by atoms with van der Waals surface area (Å²) in [5.41, 5.74) is 0.0241. The maximum absolute atomic E-state index is 10.2. The van der Waals surface area contributed by atoms with E-state index in [0.717, 1.165) is 25.7 Å². The number of nitrogens with one attached hydrogen (secondary N) is 2. The third kappa shape index (κ3) is 6.62. The summed E-state index contributed by atoms with van der Waals surface area (Å²) in [5.74, 6) is 0. The molecule has 0 spiro atoms. The Kier molecular flexibility index (Phi) is 7.12. The number of aliphatic hydroxyl groups is 1.